The van der Waals surface area contributed by atoms with Gasteiger partial charge in [-0.1, -0.05) is 6.42 Å². The summed E-state index contributed by atoms with van der Waals surface area (Å²) in [5, 5.41) is 1.33. The van der Waals surface area contributed by atoms with Crippen LogP contribution in [0.15, 0.2) is 36.4 Å². The fraction of sp³-hybridized carbons (Fsp3) is 0.478. The van der Waals surface area contributed by atoms with Crippen LogP contribution in [-0.2, 0) is 11.3 Å². The molecular weight excluding hydrogens is 422 g/mol. The number of pyridine rings is 1. The Morgan fingerprint density at radius 1 is 1.18 bits per heavy atom. The molecule has 10 heteroatoms. The van der Waals surface area contributed by atoms with Gasteiger partial charge in [0.25, 0.3) is 0 Å². The molecule has 0 saturated heterocycles. The molecule has 1 fully saturated rings. The predicted octanol–water partition coefficient (Wildman–Crippen LogP) is 2.59. The van der Waals surface area contributed by atoms with Gasteiger partial charge < -0.3 is 25.1 Å². The second kappa shape index (κ2) is 11.5. The quantitative estimate of drug-likeness (QED) is 0.455. The van der Waals surface area contributed by atoms with Crippen LogP contribution in [0, 0.1) is 6.92 Å². The third-order valence-electron chi connectivity index (χ3n) is 5.56. The standard InChI is InChI=1S/C23H33N7O3/c1-16-21(33-18-7-5-4-6-8-18)10-9-19(28-16)22(24)20(30(3)25)15-32-23(31)29(2)14-17-13-26-11-12-27-17/h9-13,18H,4-8,14-15,24-25H2,1-3H3/b22-20-. The molecule has 4 N–H and O–H groups in total. The molecule has 0 spiro atoms. The highest BCUT2D eigenvalue weighted by molar-refractivity contribution is 5.68. The molecule has 1 amide bonds. The molecule has 0 aliphatic heterocycles. The lowest BCUT2D eigenvalue weighted by molar-refractivity contribution is 0.111. The molecule has 10 nitrogen and oxygen atoms in total. The summed E-state index contributed by atoms with van der Waals surface area (Å²) in [6.07, 6.45) is 10.2. The van der Waals surface area contributed by atoms with Crippen LogP contribution in [0.25, 0.3) is 5.70 Å². The van der Waals surface area contributed by atoms with Gasteiger partial charge in [-0.2, -0.15) is 0 Å². The van der Waals surface area contributed by atoms with Crippen molar-refractivity contribution in [1.82, 2.24) is 24.9 Å². The number of carbonyl (C=O) groups is 1. The maximum Gasteiger partial charge on any atom is 0.410 e. The normalized spacial score (nSPS) is 14.9. The van der Waals surface area contributed by atoms with Gasteiger partial charge in [-0.25, -0.2) is 15.6 Å². The largest absolute Gasteiger partial charge is 0.489 e. The maximum absolute atomic E-state index is 12.4. The van der Waals surface area contributed by atoms with Crippen LogP contribution >= 0.6 is 0 Å². The molecule has 178 valence electrons. The average Bonchev–Trinajstić information content (AvgIpc) is 2.81. The van der Waals surface area contributed by atoms with Gasteiger partial charge in [-0.15, -0.1) is 0 Å². The van der Waals surface area contributed by atoms with Crippen molar-refractivity contribution in [2.75, 3.05) is 20.7 Å². The molecule has 1 aliphatic rings. The van der Waals surface area contributed by atoms with Crippen LogP contribution in [0.4, 0.5) is 4.79 Å². The van der Waals surface area contributed by atoms with E-state index < -0.39 is 6.09 Å². The Morgan fingerprint density at radius 3 is 2.58 bits per heavy atom. The van der Waals surface area contributed by atoms with Crippen LogP contribution in [0.5, 0.6) is 5.75 Å². The average molecular weight is 456 g/mol. The highest BCUT2D eigenvalue weighted by Gasteiger charge is 2.19. The summed E-state index contributed by atoms with van der Waals surface area (Å²) < 4.78 is 11.6. The van der Waals surface area contributed by atoms with Crippen molar-refractivity contribution in [1.29, 1.82) is 0 Å². The number of ether oxygens (including phenoxy) is 2. The van der Waals surface area contributed by atoms with Gasteiger partial charge in [0.05, 0.1) is 47.3 Å². The predicted molar refractivity (Wildman–Crippen MR) is 124 cm³/mol. The lowest BCUT2D eigenvalue weighted by atomic mass is 9.98. The Bertz CT molecular complexity index is 960. The fourth-order valence-corrected chi connectivity index (χ4v) is 3.66. The van der Waals surface area contributed by atoms with Crippen LogP contribution < -0.4 is 16.3 Å². The first-order chi connectivity index (χ1) is 15.8. The molecule has 0 radical (unpaired) electrons. The number of aryl methyl sites for hydroxylation is 1. The van der Waals surface area contributed by atoms with E-state index in [2.05, 4.69) is 15.0 Å². The second-order valence-corrected chi connectivity index (χ2v) is 8.24. The third-order valence-corrected chi connectivity index (χ3v) is 5.56. The monoisotopic (exact) mass is 455 g/mol. The molecular formula is C23H33N7O3. The minimum atomic E-state index is -0.534. The number of rotatable bonds is 8. The van der Waals surface area contributed by atoms with Gasteiger partial charge in [-0.05, 0) is 44.7 Å². The molecule has 1 aliphatic carbocycles. The van der Waals surface area contributed by atoms with E-state index in [1.807, 2.05) is 13.0 Å². The molecule has 0 atom stereocenters. The Morgan fingerprint density at radius 2 is 1.94 bits per heavy atom. The number of hydrogen-bond acceptors (Lipinski definition) is 9. The molecule has 33 heavy (non-hydrogen) atoms. The Kier molecular flexibility index (Phi) is 8.42. The van der Waals surface area contributed by atoms with Gasteiger partial charge in [0.2, 0.25) is 0 Å². The first-order valence-corrected chi connectivity index (χ1v) is 11.1. The fourth-order valence-electron chi connectivity index (χ4n) is 3.66. The molecule has 2 heterocycles. The van der Waals surface area contributed by atoms with Crippen LogP contribution in [0.2, 0.25) is 0 Å². The Balaban J connectivity index is 1.66. The first-order valence-electron chi connectivity index (χ1n) is 11.1. The summed E-state index contributed by atoms with van der Waals surface area (Å²) in [6, 6.07) is 3.68. The van der Waals surface area contributed by atoms with E-state index in [1.165, 1.54) is 29.2 Å². The van der Waals surface area contributed by atoms with Crippen LogP contribution in [-0.4, -0.2) is 57.8 Å². The van der Waals surface area contributed by atoms with Crippen molar-refractivity contribution in [3.8, 4) is 5.75 Å². The Labute approximate surface area is 194 Å². The van der Waals surface area contributed by atoms with Crippen molar-refractivity contribution in [3.63, 3.8) is 0 Å². The summed E-state index contributed by atoms with van der Waals surface area (Å²) in [7, 11) is 3.25. The number of carbonyl (C=O) groups excluding carboxylic acids is 1. The zero-order chi connectivity index (χ0) is 23.8. The zero-order valence-electron chi connectivity index (χ0n) is 19.5. The van der Waals surface area contributed by atoms with Crippen molar-refractivity contribution < 1.29 is 14.3 Å². The SMILES string of the molecule is Cc1nc(/C(N)=C(\COC(=O)N(C)Cc2cnccn2)N(C)N)ccc1OC1CCCCC1. The summed E-state index contributed by atoms with van der Waals surface area (Å²) in [5.41, 5.74) is 9.07. The van der Waals surface area contributed by atoms with Crippen molar-refractivity contribution in [3.05, 3.63) is 53.5 Å². The lowest BCUT2D eigenvalue weighted by Gasteiger charge is -2.24. The topological polar surface area (TPSA) is 133 Å². The molecule has 0 unspecified atom stereocenters. The number of hydrazine groups is 1. The lowest BCUT2D eigenvalue weighted by Crippen LogP contribution is -2.33. The highest BCUT2D eigenvalue weighted by atomic mass is 16.6. The number of hydrogen-bond donors (Lipinski definition) is 2. The number of nitrogens with two attached hydrogens (primary N) is 2. The summed E-state index contributed by atoms with van der Waals surface area (Å²) in [6.45, 7) is 2.05. The van der Waals surface area contributed by atoms with Crippen LogP contribution in [0.1, 0.15) is 49.2 Å². The highest BCUT2D eigenvalue weighted by Crippen LogP contribution is 2.26. The summed E-state index contributed by atoms with van der Waals surface area (Å²) >= 11 is 0. The van der Waals surface area contributed by atoms with E-state index in [-0.39, 0.29) is 19.3 Å². The summed E-state index contributed by atoms with van der Waals surface area (Å²) in [4.78, 5) is 26.6. The minimum Gasteiger partial charge on any atom is -0.489 e. The van der Waals surface area contributed by atoms with Gasteiger partial charge in [-0.3, -0.25) is 9.97 Å². The second-order valence-electron chi connectivity index (χ2n) is 8.24. The van der Waals surface area contributed by atoms with Crippen molar-refractivity contribution in [2.24, 2.45) is 11.6 Å². The molecule has 1 saturated carbocycles. The number of amides is 1. The number of likely N-dealkylation sites (N-methyl/N-ethyl adjacent to an activating group) is 1. The van der Waals surface area contributed by atoms with Crippen LogP contribution in [0.3, 0.4) is 0 Å². The summed E-state index contributed by atoms with van der Waals surface area (Å²) in [5.74, 6) is 6.73. The van der Waals surface area contributed by atoms with Crippen molar-refractivity contribution in [2.45, 2.75) is 51.7 Å². The minimum absolute atomic E-state index is 0.108. The van der Waals surface area contributed by atoms with Crippen molar-refractivity contribution >= 4 is 11.8 Å². The van der Waals surface area contributed by atoms with E-state index >= 15 is 0 Å². The zero-order valence-corrected chi connectivity index (χ0v) is 19.5. The molecule has 2 aromatic rings. The first kappa shape index (κ1) is 24.2. The van der Waals surface area contributed by atoms with Gasteiger partial charge >= 0.3 is 6.09 Å². The third kappa shape index (κ3) is 6.79. The van der Waals surface area contributed by atoms with Gasteiger partial charge in [0, 0.05) is 26.5 Å². The molecule has 0 bridgehead atoms. The molecule has 0 aromatic carbocycles. The van der Waals surface area contributed by atoms with E-state index in [0.717, 1.165) is 24.3 Å². The van der Waals surface area contributed by atoms with E-state index in [0.29, 0.717) is 22.8 Å². The van der Waals surface area contributed by atoms with E-state index in [4.69, 9.17) is 21.1 Å². The number of nitrogens with zero attached hydrogens (tertiary/aromatic N) is 5. The van der Waals surface area contributed by atoms with E-state index in [9.17, 15) is 4.79 Å². The molecule has 2 aromatic heterocycles. The van der Waals surface area contributed by atoms with Gasteiger partial charge in [0.1, 0.15) is 12.4 Å². The maximum atomic E-state index is 12.4. The van der Waals surface area contributed by atoms with E-state index in [1.54, 1.807) is 38.8 Å². The molecule has 3 rings (SSSR count). The van der Waals surface area contributed by atoms with Gasteiger partial charge in [0.15, 0.2) is 0 Å². The Hall–Kier alpha value is -3.40. The number of aromatic nitrogens is 3. The smallest absolute Gasteiger partial charge is 0.410 e.